The Balaban J connectivity index is 1.77. The molecule has 0 spiro atoms. The number of methoxy groups -OCH3 is 4. The first kappa shape index (κ1) is 20.3. The van der Waals surface area contributed by atoms with Crippen molar-refractivity contribution < 1.29 is 28.3 Å². The minimum atomic E-state index is 0.598. The Morgan fingerprint density at radius 1 is 0.867 bits per heavy atom. The molecule has 0 amide bonds. The number of pyridine rings is 1. The number of aryl methyl sites for hydroxylation is 2. The third-order valence-corrected chi connectivity index (χ3v) is 5.54. The predicted molar refractivity (Wildman–Crippen MR) is 115 cm³/mol. The smallest absolute Gasteiger partial charge is 0.213 e. The Bertz CT molecular complexity index is 1060. The zero-order valence-electron chi connectivity index (χ0n) is 18.0. The van der Waals surface area contributed by atoms with E-state index in [1.807, 2.05) is 6.07 Å². The van der Waals surface area contributed by atoms with Gasteiger partial charge in [-0.05, 0) is 35.2 Å². The molecule has 4 rings (SSSR count). The third kappa shape index (κ3) is 3.63. The lowest BCUT2D eigenvalue weighted by molar-refractivity contribution is -0.686. The average Bonchev–Trinajstić information content (AvgIpc) is 2.79. The molecule has 0 saturated heterocycles. The molecule has 0 atom stereocenters. The van der Waals surface area contributed by atoms with Gasteiger partial charge in [-0.15, -0.1) is 0 Å². The second kappa shape index (κ2) is 8.79. The van der Waals surface area contributed by atoms with E-state index in [9.17, 15) is 0 Å². The fourth-order valence-corrected chi connectivity index (χ4v) is 4.04. The van der Waals surface area contributed by atoms with Crippen LogP contribution in [0, 0.1) is 0 Å². The van der Waals surface area contributed by atoms with Crippen molar-refractivity contribution in [2.45, 2.75) is 19.4 Å². The average molecular weight is 410 g/mol. The van der Waals surface area contributed by atoms with Crippen molar-refractivity contribution in [2.24, 2.45) is 0 Å². The van der Waals surface area contributed by atoms with E-state index in [0.29, 0.717) is 13.2 Å². The van der Waals surface area contributed by atoms with E-state index >= 15 is 0 Å². The maximum Gasteiger partial charge on any atom is 0.213 e. The Morgan fingerprint density at radius 2 is 1.70 bits per heavy atom. The third-order valence-electron chi connectivity index (χ3n) is 5.54. The molecule has 1 aliphatic rings. The van der Waals surface area contributed by atoms with Crippen molar-refractivity contribution in [2.75, 3.05) is 41.7 Å². The molecule has 2 heterocycles. The van der Waals surface area contributed by atoms with Crippen molar-refractivity contribution in [1.82, 2.24) is 0 Å². The summed E-state index contributed by atoms with van der Waals surface area (Å²) >= 11 is 0. The standard InChI is InChI=1S/C24H28NO5/c1-26-10-5-11-30-23-13-17-8-9-25-15-19-16(6-7-21(27-2)24(19)29-4)12-20(25)18(17)14-22(23)28-3/h6-7,12-15H,5,8-11H2,1-4H3/q+1. The van der Waals surface area contributed by atoms with Crippen molar-refractivity contribution in [3.8, 4) is 34.3 Å². The van der Waals surface area contributed by atoms with Crippen LogP contribution in [-0.4, -0.2) is 41.7 Å². The summed E-state index contributed by atoms with van der Waals surface area (Å²) in [5.74, 6) is 3.02. The highest BCUT2D eigenvalue weighted by molar-refractivity contribution is 5.91. The molecule has 0 unspecified atom stereocenters. The van der Waals surface area contributed by atoms with Gasteiger partial charge in [0.15, 0.2) is 35.7 Å². The summed E-state index contributed by atoms with van der Waals surface area (Å²) in [5.41, 5.74) is 3.58. The fraction of sp³-hybridized carbons (Fsp3) is 0.375. The molecule has 0 N–H and O–H groups in total. The van der Waals surface area contributed by atoms with Gasteiger partial charge in [-0.2, -0.15) is 4.57 Å². The summed E-state index contributed by atoms with van der Waals surface area (Å²) in [7, 11) is 6.71. The quantitative estimate of drug-likeness (QED) is 0.418. The van der Waals surface area contributed by atoms with Crippen molar-refractivity contribution in [3.05, 3.63) is 42.1 Å². The molecule has 0 bridgehead atoms. The van der Waals surface area contributed by atoms with Crippen LogP contribution in [0.2, 0.25) is 0 Å². The van der Waals surface area contributed by atoms with Gasteiger partial charge in [0.25, 0.3) is 0 Å². The highest BCUT2D eigenvalue weighted by Crippen LogP contribution is 2.40. The van der Waals surface area contributed by atoms with Crippen LogP contribution in [0.25, 0.3) is 22.0 Å². The predicted octanol–water partition coefficient (Wildman–Crippen LogP) is 3.79. The summed E-state index contributed by atoms with van der Waals surface area (Å²) in [6.07, 6.45) is 3.91. The zero-order chi connectivity index (χ0) is 21.1. The number of fused-ring (bicyclic) bond motifs is 4. The summed E-state index contributed by atoms with van der Waals surface area (Å²) < 4.78 is 30.1. The molecule has 0 fully saturated rings. The van der Waals surface area contributed by atoms with Crippen LogP contribution in [0.5, 0.6) is 23.0 Å². The molecule has 30 heavy (non-hydrogen) atoms. The summed E-state index contributed by atoms with van der Waals surface area (Å²) in [4.78, 5) is 0. The first-order valence-corrected chi connectivity index (χ1v) is 10.1. The second-order valence-electron chi connectivity index (χ2n) is 7.26. The van der Waals surface area contributed by atoms with E-state index in [1.165, 1.54) is 11.1 Å². The molecule has 6 heteroatoms. The number of aromatic nitrogens is 1. The normalized spacial score (nSPS) is 12.3. The number of benzene rings is 2. The Hall–Kier alpha value is -2.99. The van der Waals surface area contributed by atoms with Gasteiger partial charge in [-0.1, -0.05) is 0 Å². The molecule has 0 saturated carbocycles. The molecular weight excluding hydrogens is 382 g/mol. The van der Waals surface area contributed by atoms with Gasteiger partial charge in [0, 0.05) is 32.6 Å². The van der Waals surface area contributed by atoms with Crippen molar-refractivity contribution in [3.63, 3.8) is 0 Å². The number of hydrogen-bond acceptors (Lipinski definition) is 5. The van der Waals surface area contributed by atoms with Gasteiger partial charge in [0.05, 0.1) is 38.9 Å². The van der Waals surface area contributed by atoms with Crippen LogP contribution in [0.4, 0.5) is 0 Å². The fourth-order valence-electron chi connectivity index (χ4n) is 4.04. The lowest BCUT2D eigenvalue weighted by Gasteiger charge is -2.19. The molecule has 1 aliphatic heterocycles. The monoisotopic (exact) mass is 410 g/mol. The number of nitrogens with zero attached hydrogens (tertiary/aromatic N) is 1. The lowest BCUT2D eigenvalue weighted by Crippen LogP contribution is -2.40. The van der Waals surface area contributed by atoms with Gasteiger partial charge >= 0.3 is 0 Å². The van der Waals surface area contributed by atoms with E-state index < -0.39 is 0 Å². The zero-order valence-corrected chi connectivity index (χ0v) is 18.0. The van der Waals surface area contributed by atoms with Crippen LogP contribution in [0.3, 0.4) is 0 Å². The van der Waals surface area contributed by atoms with Gasteiger partial charge in [-0.3, -0.25) is 0 Å². The topological polar surface area (TPSA) is 50.0 Å². The molecule has 2 aromatic carbocycles. The van der Waals surface area contributed by atoms with Gasteiger partial charge < -0.3 is 23.7 Å². The second-order valence-corrected chi connectivity index (χ2v) is 7.26. The van der Waals surface area contributed by atoms with Crippen molar-refractivity contribution >= 4 is 10.8 Å². The largest absolute Gasteiger partial charge is 0.493 e. The van der Waals surface area contributed by atoms with E-state index in [0.717, 1.165) is 58.9 Å². The minimum absolute atomic E-state index is 0.598. The summed E-state index contributed by atoms with van der Waals surface area (Å²) in [6.45, 7) is 2.16. The first-order valence-electron chi connectivity index (χ1n) is 10.1. The van der Waals surface area contributed by atoms with Gasteiger partial charge in [0.2, 0.25) is 5.69 Å². The Morgan fingerprint density at radius 3 is 2.43 bits per heavy atom. The molecule has 6 nitrogen and oxygen atoms in total. The van der Waals surface area contributed by atoms with Crippen LogP contribution >= 0.6 is 0 Å². The van der Waals surface area contributed by atoms with E-state index in [-0.39, 0.29) is 0 Å². The van der Waals surface area contributed by atoms with E-state index in [1.54, 1.807) is 28.4 Å². The highest BCUT2D eigenvalue weighted by atomic mass is 16.5. The van der Waals surface area contributed by atoms with Crippen LogP contribution in [0.15, 0.2) is 36.5 Å². The number of hydrogen-bond donors (Lipinski definition) is 0. The van der Waals surface area contributed by atoms with E-state index in [2.05, 4.69) is 35.0 Å². The molecule has 1 aromatic heterocycles. The Labute approximate surface area is 176 Å². The van der Waals surface area contributed by atoms with E-state index in [4.69, 9.17) is 23.7 Å². The number of rotatable bonds is 8. The van der Waals surface area contributed by atoms with Crippen molar-refractivity contribution in [1.29, 1.82) is 0 Å². The van der Waals surface area contributed by atoms with Crippen LogP contribution in [-0.2, 0) is 17.7 Å². The molecule has 158 valence electrons. The maximum atomic E-state index is 5.97. The SMILES string of the molecule is COCCCOc1cc2c(cc1OC)-c1cc3ccc(OC)c(OC)c3c[n+]1CC2. The molecule has 0 aliphatic carbocycles. The molecule has 3 aromatic rings. The highest BCUT2D eigenvalue weighted by Gasteiger charge is 2.27. The molecule has 0 radical (unpaired) electrons. The Kier molecular flexibility index (Phi) is 5.95. The van der Waals surface area contributed by atoms with Crippen LogP contribution < -0.4 is 23.5 Å². The minimum Gasteiger partial charge on any atom is -0.493 e. The van der Waals surface area contributed by atoms with Gasteiger partial charge in [-0.25, -0.2) is 0 Å². The molecular formula is C24H28NO5+. The number of ether oxygens (including phenoxy) is 5. The van der Waals surface area contributed by atoms with Crippen LogP contribution in [0.1, 0.15) is 12.0 Å². The first-order chi connectivity index (χ1) is 14.7. The summed E-state index contributed by atoms with van der Waals surface area (Å²) in [5, 5.41) is 2.14. The lowest BCUT2D eigenvalue weighted by atomic mass is 9.95. The summed E-state index contributed by atoms with van der Waals surface area (Å²) in [6, 6.07) is 10.4. The van der Waals surface area contributed by atoms with Gasteiger partial charge in [0.1, 0.15) is 0 Å². The maximum absolute atomic E-state index is 5.97.